The van der Waals surface area contributed by atoms with Crippen molar-refractivity contribution in [3.63, 3.8) is 0 Å². The molecule has 1 heterocycles. The first kappa shape index (κ1) is 12.1. The average molecular weight is 265 g/mol. The van der Waals surface area contributed by atoms with Gasteiger partial charge in [-0.15, -0.1) is 0 Å². The van der Waals surface area contributed by atoms with Crippen LogP contribution in [-0.4, -0.2) is 27.3 Å². The number of aromatic nitrogens is 2. The minimum atomic E-state index is -0.390. The lowest BCUT2D eigenvalue weighted by atomic mass is 10.3. The molecule has 2 atom stereocenters. The summed E-state index contributed by atoms with van der Waals surface area (Å²) in [5.74, 6) is -0.216. The minimum Gasteiger partial charge on any atom is -0.466 e. The van der Waals surface area contributed by atoms with Crippen molar-refractivity contribution in [3.05, 3.63) is 22.0 Å². The standard InChI is InChI=1S/C12H15N3O4/c1-2-19-12(16)8-5-9(8)14-6-10(15(17)18)11(13-14)7-3-4-7/h6-9H,2-5H2,1H3/t8-,9+/m0/s1. The molecule has 1 aromatic heterocycles. The van der Waals surface area contributed by atoms with Crippen molar-refractivity contribution in [1.82, 2.24) is 9.78 Å². The van der Waals surface area contributed by atoms with Crippen LogP contribution in [0.5, 0.6) is 0 Å². The van der Waals surface area contributed by atoms with Gasteiger partial charge in [0, 0.05) is 5.92 Å². The summed E-state index contributed by atoms with van der Waals surface area (Å²) >= 11 is 0. The fourth-order valence-electron chi connectivity index (χ4n) is 2.33. The van der Waals surface area contributed by atoms with Crippen molar-refractivity contribution in [2.45, 2.75) is 38.1 Å². The summed E-state index contributed by atoms with van der Waals surface area (Å²) in [5.41, 5.74) is 0.650. The van der Waals surface area contributed by atoms with E-state index in [2.05, 4.69) is 5.10 Å². The molecule has 7 heteroatoms. The van der Waals surface area contributed by atoms with E-state index in [1.54, 1.807) is 11.6 Å². The SMILES string of the molecule is CCOC(=O)[C@H]1C[C@H]1n1cc([N+](=O)[O-])c(C2CC2)n1. The summed E-state index contributed by atoms with van der Waals surface area (Å²) in [6.07, 6.45) is 4.03. The number of nitro groups is 1. The molecule has 0 spiro atoms. The smallest absolute Gasteiger partial charge is 0.311 e. The lowest BCUT2D eigenvalue weighted by Gasteiger charge is -2.00. The molecular formula is C12H15N3O4. The molecule has 2 saturated carbocycles. The molecule has 19 heavy (non-hydrogen) atoms. The van der Waals surface area contributed by atoms with Crippen molar-refractivity contribution in [1.29, 1.82) is 0 Å². The molecular weight excluding hydrogens is 250 g/mol. The Morgan fingerprint density at radius 1 is 1.63 bits per heavy atom. The van der Waals surface area contributed by atoms with Gasteiger partial charge in [-0.1, -0.05) is 0 Å². The highest BCUT2D eigenvalue weighted by Crippen LogP contribution is 2.47. The van der Waals surface area contributed by atoms with Crippen LogP contribution in [0.3, 0.4) is 0 Å². The fourth-order valence-corrected chi connectivity index (χ4v) is 2.33. The predicted molar refractivity (Wildman–Crippen MR) is 64.6 cm³/mol. The summed E-state index contributed by atoms with van der Waals surface area (Å²) in [5, 5.41) is 15.3. The van der Waals surface area contributed by atoms with Gasteiger partial charge in [0.05, 0.1) is 23.5 Å². The van der Waals surface area contributed by atoms with Gasteiger partial charge in [0.2, 0.25) is 0 Å². The Bertz CT molecular complexity index is 535. The van der Waals surface area contributed by atoms with Crippen LogP contribution < -0.4 is 0 Å². The predicted octanol–water partition coefficient (Wildman–Crippen LogP) is 1.79. The Hall–Kier alpha value is -1.92. The van der Waals surface area contributed by atoms with Gasteiger partial charge in [-0.05, 0) is 26.2 Å². The van der Waals surface area contributed by atoms with Crippen LogP contribution in [0.25, 0.3) is 0 Å². The van der Waals surface area contributed by atoms with Crippen LogP contribution in [0.15, 0.2) is 6.20 Å². The Labute approximate surface area is 109 Å². The van der Waals surface area contributed by atoms with Crippen LogP contribution >= 0.6 is 0 Å². The monoisotopic (exact) mass is 265 g/mol. The summed E-state index contributed by atoms with van der Waals surface area (Å²) in [6, 6.07) is -0.0785. The van der Waals surface area contributed by atoms with E-state index in [1.165, 1.54) is 6.20 Å². The van der Waals surface area contributed by atoms with E-state index in [-0.39, 0.29) is 34.5 Å². The average Bonchev–Trinajstić information content (AvgIpc) is 3.27. The Morgan fingerprint density at radius 2 is 2.37 bits per heavy atom. The molecule has 0 aromatic carbocycles. The van der Waals surface area contributed by atoms with Crippen LogP contribution in [0, 0.1) is 16.0 Å². The first-order chi connectivity index (χ1) is 9.11. The van der Waals surface area contributed by atoms with Crippen molar-refractivity contribution < 1.29 is 14.5 Å². The van der Waals surface area contributed by atoms with E-state index in [9.17, 15) is 14.9 Å². The van der Waals surface area contributed by atoms with Gasteiger partial charge in [-0.3, -0.25) is 19.6 Å². The lowest BCUT2D eigenvalue weighted by Crippen LogP contribution is -2.09. The topological polar surface area (TPSA) is 87.3 Å². The van der Waals surface area contributed by atoms with Crippen molar-refractivity contribution >= 4 is 11.7 Å². The highest BCUT2D eigenvalue weighted by molar-refractivity contribution is 5.76. The Kier molecular flexibility index (Phi) is 2.76. The molecule has 0 amide bonds. The Balaban J connectivity index is 1.78. The third-order valence-corrected chi connectivity index (χ3v) is 3.59. The molecule has 3 rings (SSSR count). The molecule has 0 saturated heterocycles. The van der Waals surface area contributed by atoms with Crippen molar-refractivity contribution in [3.8, 4) is 0 Å². The van der Waals surface area contributed by atoms with Crippen LogP contribution in [-0.2, 0) is 9.53 Å². The van der Waals surface area contributed by atoms with E-state index in [0.717, 1.165) is 12.8 Å². The third-order valence-electron chi connectivity index (χ3n) is 3.59. The van der Waals surface area contributed by atoms with Crippen LogP contribution in [0.1, 0.15) is 43.8 Å². The van der Waals surface area contributed by atoms with Crippen molar-refractivity contribution in [2.24, 2.45) is 5.92 Å². The number of hydrogen-bond donors (Lipinski definition) is 0. The largest absolute Gasteiger partial charge is 0.466 e. The molecule has 0 bridgehead atoms. The second kappa shape index (κ2) is 4.32. The maximum atomic E-state index is 11.6. The molecule has 0 radical (unpaired) electrons. The molecule has 2 aliphatic carbocycles. The molecule has 102 valence electrons. The normalized spacial score (nSPS) is 25.1. The summed E-state index contributed by atoms with van der Waals surface area (Å²) in [7, 11) is 0. The highest BCUT2D eigenvalue weighted by atomic mass is 16.6. The van der Waals surface area contributed by atoms with Crippen LogP contribution in [0.2, 0.25) is 0 Å². The maximum Gasteiger partial charge on any atom is 0.311 e. The summed E-state index contributed by atoms with van der Waals surface area (Å²) in [6.45, 7) is 2.12. The van der Waals surface area contributed by atoms with E-state index >= 15 is 0 Å². The molecule has 0 unspecified atom stereocenters. The maximum absolute atomic E-state index is 11.6. The van der Waals surface area contributed by atoms with Gasteiger partial charge in [-0.25, -0.2) is 0 Å². The van der Waals surface area contributed by atoms with Gasteiger partial charge in [0.1, 0.15) is 11.9 Å². The zero-order valence-electron chi connectivity index (χ0n) is 10.6. The van der Waals surface area contributed by atoms with E-state index in [0.29, 0.717) is 18.7 Å². The summed E-state index contributed by atoms with van der Waals surface area (Å²) in [4.78, 5) is 22.2. The third kappa shape index (κ3) is 2.20. The van der Waals surface area contributed by atoms with Gasteiger partial charge >= 0.3 is 11.7 Å². The molecule has 2 aliphatic rings. The number of ether oxygens (including phenoxy) is 1. The number of rotatable bonds is 5. The zero-order valence-corrected chi connectivity index (χ0v) is 10.6. The van der Waals surface area contributed by atoms with Gasteiger partial charge in [0.15, 0.2) is 0 Å². The first-order valence-electron chi connectivity index (χ1n) is 6.52. The number of esters is 1. The fraction of sp³-hybridized carbons (Fsp3) is 0.667. The molecule has 7 nitrogen and oxygen atoms in total. The molecule has 0 N–H and O–H groups in total. The molecule has 1 aromatic rings. The van der Waals surface area contributed by atoms with Gasteiger partial charge in [0.25, 0.3) is 0 Å². The highest BCUT2D eigenvalue weighted by Gasteiger charge is 2.48. The lowest BCUT2D eigenvalue weighted by molar-refractivity contribution is -0.385. The first-order valence-corrected chi connectivity index (χ1v) is 6.52. The van der Waals surface area contributed by atoms with Gasteiger partial charge < -0.3 is 4.74 Å². The molecule has 2 fully saturated rings. The van der Waals surface area contributed by atoms with E-state index in [1.807, 2.05) is 0 Å². The minimum absolute atomic E-state index is 0.0785. The van der Waals surface area contributed by atoms with Crippen molar-refractivity contribution in [2.75, 3.05) is 6.61 Å². The van der Waals surface area contributed by atoms with E-state index in [4.69, 9.17) is 4.74 Å². The number of hydrogen-bond acceptors (Lipinski definition) is 5. The quantitative estimate of drug-likeness (QED) is 0.460. The number of carbonyl (C=O) groups excluding carboxylic acids is 1. The Morgan fingerprint density at radius 3 is 2.95 bits per heavy atom. The summed E-state index contributed by atoms with van der Waals surface area (Å²) < 4.78 is 6.52. The second-order valence-electron chi connectivity index (χ2n) is 5.07. The molecule has 0 aliphatic heterocycles. The number of nitrogens with zero attached hydrogens (tertiary/aromatic N) is 3. The number of carbonyl (C=O) groups is 1. The van der Waals surface area contributed by atoms with Gasteiger partial charge in [-0.2, -0.15) is 5.10 Å². The zero-order chi connectivity index (χ0) is 13.6. The van der Waals surface area contributed by atoms with E-state index < -0.39 is 0 Å². The van der Waals surface area contributed by atoms with Crippen LogP contribution in [0.4, 0.5) is 5.69 Å². The second-order valence-corrected chi connectivity index (χ2v) is 5.07.